The van der Waals surface area contributed by atoms with Crippen LogP contribution in [0.25, 0.3) is 0 Å². The zero-order valence-corrected chi connectivity index (χ0v) is 16.5. The largest absolute Gasteiger partial charge is 0.493 e. The molecule has 146 valence electrons. The number of methoxy groups -OCH3 is 1. The Bertz CT molecular complexity index is 781. The van der Waals surface area contributed by atoms with Gasteiger partial charge in [0.1, 0.15) is 0 Å². The maximum Gasteiger partial charge on any atom is 0.255 e. The number of hydrogen-bond donors (Lipinski definition) is 2. The van der Waals surface area contributed by atoms with E-state index in [4.69, 9.17) is 31.5 Å². The lowest BCUT2D eigenvalue weighted by molar-refractivity contribution is -0.119. The van der Waals surface area contributed by atoms with E-state index in [1.807, 2.05) is 38.1 Å². The smallest absolute Gasteiger partial charge is 0.255 e. The Morgan fingerprint density at radius 1 is 1.22 bits per heavy atom. The van der Waals surface area contributed by atoms with E-state index >= 15 is 0 Å². The molecule has 7 heteroatoms. The molecule has 0 fully saturated rings. The number of nitrogens with two attached hydrogens (primary N) is 1. The van der Waals surface area contributed by atoms with Gasteiger partial charge >= 0.3 is 0 Å². The van der Waals surface area contributed by atoms with Gasteiger partial charge in [0.05, 0.1) is 24.8 Å². The summed E-state index contributed by atoms with van der Waals surface area (Å²) in [5, 5.41) is 3.71. The molecule has 1 amide bonds. The van der Waals surface area contributed by atoms with Gasteiger partial charge in [-0.2, -0.15) is 0 Å². The second-order valence-electron chi connectivity index (χ2n) is 6.28. The first-order valence-corrected chi connectivity index (χ1v) is 8.98. The minimum atomic E-state index is -0.583. The molecule has 0 heterocycles. The van der Waals surface area contributed by atoms with Crippen LogP contribution in [0.3, 0.4) is 0 Å². The highest BCUT2D eigenvalue weighted by Crippen LogP contribution is 2.36. The van der Waals surface area contributed by atoms with E-state index in [9.17, 15) is 4.79 Å². The summed E-state index contributed by atoms with van der Waals surface area (Å²) in [7, 11) is 1.51. The summed E-state index contributed by atoms with van der Waals surface area (Å²) >= 11 is 6.27. The van der Waals surface area contributed by atoms with Crippen LogP contribution in [0.15, 0.2) is 36.4 Å². The third-order valence-electron chi connectivity index (χ3n) is 3.65. The van der Waals surface area contributed by atoms with Crippen molar-refractivity contribution in [3.05, 3.63) is 52.5 Å². The molecule has 3 N–H and O–H groups in total. The first-order chi connectivity index (χ1) is 12.9. The molecule has 0 aliphatic carbocycles. The highest BCUT2D eigenvalue weighted by molar-refractivity contribution is 6.32. The molecule has 0 aliphatic rings. The van der Waals surface area contributed by atoms with Gasteiger partial charge in [-0.05, 0) is 49.2 Å². The molecule has 0 radical (unpaired) electrons. The molecule has 2 aromatic rings. The fourth-order valence-electron chi connectivity index (χ4n) is 2.40. The highest BCUT2D eigenvalue weighted by atomic mass is 35.5. The van der Waals surface area contributed by atoms with Gasteiger partial charge < -0.3 is 25.3 Å². The van der Waals surface area contributed by atoms with Crippen molar-refractivity contribution in [2.75, 3.05) is 19.0 Å². The van der Waals surface area contributed by atoms with Crippen molar-refractivity contribution < 1.29 is 19.0 Å². The molecular weight excluding hydrogens is 368 g/mol. The second-order valence-corrected chi connectivity index (χ2v) is 6.68. The van der Waals surface area contributed by atoms with Crippen LogP contribution in [0.1, 0.15) is 25.0 Å². The minimum absolute atomic E-state index is 0.187. The number of carbonyl (C=O) groups excluding carboxylic acids is 1. The third kappa shape index (κ3) is 6.66. The van der Waals surface area contributed by atoms with Gasteiger partial charge in [0.25, 0.3) is 5.91 Å². The number of nitrogens with one attached hydrogen (secondary N) is 1. The van der Waals surface area contributed by atoms with Crippen molar-refractivity contribution >= 4 is 23.2 Å². The SMILES string of the molecule is COc1cc(CNc2cccc(COC(C)C)c2)cc(Cl)c1OCC(N)=O. The van der Waals surface area contributed by atoms with Crippen LogP contribution in [-0.4, -0.2) is 25.7 Å². The molecule has 0 unspecified atom stereocenters. The quantitative estimate of drug-likeness (QED) is 0.643. The van der Waals surface area contributed by atoms with Crippen molar-refractivity contribution in [3.63, 3.8) is 0 Å². The van der Waals surface area contributed by atoms with Crippen molar-refractivity contribution in [3.8, 4) is 11.5 Å². The lowest BCUT2D eigenvalue weighted by atomic mass is 10.1. The van der Waals surface area contributed by atoms with Crippen LogP contribution >= 0.6 is 11.6 Å². The Hall–Kier alpha value is -2.44. The third-order valence-corrected chi connectivity index (χ3v) is 3.94. The molecule has 0 atom stereocenters. The Morgan fingerprint density at radius 2 is 2.00 bits per heavy atom. The number of amides is 1. The average molecular weight is 393 g/mol. The number of primary amides is 1. The minimum Gasteiger partial charge on any atom is -0.493 e. The Kier molecular flexibility index (Phi) is 7.76. The Labute approximate surface area is 164 Å². The van der Waals surface area contributed by atoms with Crippen molar-refractivity contribution in [1.29, 1.82) is 0 Å². The van der Waals surface area contributed by atoms with E-state index in [0.29, 0.717) is 29.7 Å². The molecule has 2 rings (SSSR count). The van der Waals surface area contributed by atoms with Gasteiger partial charge in [-0.25, -0.2) is 0 Å². The summed E-state index contributed by atoms with van der Waals surface area (Å²) in [4.78, 5) is 10.9. The molecule has 0 spiro atoms. The fourth-order valence-corrected chi connectivity index (χ4v) is 2.68. The molecule has 27 heavy (non-hydrogen) atoms. The maximum absolute atomic E-state index is 10.9. The molecule has 0 bridgehead atoms. The van der Waals surface area contributed by atoms with Gasteiger partial charge in [0, 0.05) is 12.2 Å². The first kappa shape index (κ1) is 20.9. The average Bonchev–Trinajstić information content (AvgIpc) is 2.63. The van der Waals surface area contributed by atoms with Gasteiger partial charge in [-0.15, -0.1) is 0 Å². The number of anilines is 1. The second kappa shape index (κ2) is 10.0. The predicted octanol–water partition coefficient (Wildman–Crippen LogP) is 3.75. The van der Waals surface area contributed by atoms with E-state index < -0.39 is 5.91 Å². The standard InChI is InChI=1S/C20H25ClN2O4/c1-13(2)26-11-14-5-4-6-16(7-14)23-10-15-8-17(21)20(18(9-15)25-3)27-12-19(22)24/h4-9,13,23H,10-12H2,1-3H3,(H2,22,24). The molecule has 2 aromatic carbocycles. The number of carbonyl (C=O) groups is 1. The summed E-state index contributed by atoms with van der Waals surface area (Å²) in [6.07, 6.45) is 0.187. The van der Waals surface area contributed by atoms with Crippen LogP contribution in [0.5, 0.6) is 11.5 Å². The van der Waals surface area contributed by atoms with Crippen molar-refractivity contribution in [2.24, 2.45) is 5.73 Å². The van der Waals surface area contributed by atoms with Crippen molar-refractivity contribution in [1.82, 2.24) is 0 Å². The summed E-state index contributed by atoms with van der Waals surface area (Å²) < 4.78 is 16.3. The maximum atomic E-state index is 10.9. The summed E-state index contributed by atoms with van der Waals surface area (Å²) in [6, 6.07) is 11.6. The lowest BCUT2D eigenvalue weighted by Gasteiger charge is -2.14. The van der Waals surface area contributed by atoms with E-state index in [-0.39, 0.29) is 12.7 Å². The Morgan fingerprint density at radius 3 is 2.67 bits per heavy atom. The van der Waals surface area contributed by atoms with Gasteiger partial charge in [-0.3, -0.25) is 4.79 Å². The van der Waals surface area contributed by atoms with Crippen LogP contribution in [0, 0.1) is 0 Å². The summed E-state index contributed by atoms with van der Waals surface area (Å²) in [5.74, 6) is 0.161. The lowest BCUT2D eigenvalue weighted by Crippen LogP contribution is -2.20. The van der Waals surface area contributed by atoms with Crippen LogP contribution in [0.4, 0.5) is 5.69 Å². The molecule has 6 nitrogen and oxygen atoms in total. The van der Waals surface area contributed by atoms with E-state index in [1.165, 1.54) is 7.11 Å². The normalized spacial score (nSPS) is 10.7. The summed E-state index contributed by atoms with van der Waals surface area (Å²) in [6.45, 7) is 4.87. The van der Waals surface area contributed by atoms with Gasteiger partial charge in [0.2, 0.25) is 0 Å². The molecule has 0 aliphatic heterocycles. The zero-order chi connectivity index (χ0) is 19.8. The van der Waals surface area contributed by atoms with Crippen LogP contribution in [-0.2, 0) is 22.7 Å². The van der Waals surface area contributed by atoms with Crippen LogP contribution < -0.4 is 20.5 Å². The topological polar surface area (TPSA) is 82.8 Å². The number of hydrogen-bond acceptors (Lipinski definition) is 5. The fraction of sp³-hybridized carbons (Fsp3) is 0.350. The number of rotatable bonds is 10. The van der Waals surface area contributed by atoms with Crippen molar-refractivity contribution in [2.45, 2.75) is 33.1 Å². The molecule has 0 saturated heterocycles. The first-order valence-electron chi connectivity index (χ1n) is 8.61. The van der Waals surface area contributed by atoms with E-state index in [1.54, 1.807) is 12.1 Å². The van der Waals surface area contributed by atoms with E-state index in [2.05, 4.69) is 5.32 Å². The predicted molar refractivity (Wildman–Crippen MR) is 106 cm³/mol. The van der Waals surface area contributed by atoms with Gasteiger partial charge in [-0.1, -0.05) is 23.7 Å². The molecule has 0 saturated carbocycles. The van der Waals surface area contributed by atoms with E-state index in [0.717, 1.165) is 16.8 Å². The molecule has 0 aromatic heterocycles. The summed E-state index contributed by atoms with van der Waals surface area (Å²) in [5.41, 5.74) is 8.09. The number of benzene rings is 2. The van der Waals surface area contributed by atoms with Gasteiger partial charge in [0.15, 0.2) is 18.1 Å². The Balaban J connectivity index is 2.06. The zero-order valence-electron chi connectivity index (χ0n) is 15.8. The molecular formula is C20H25ClN2O4. The highest BCUT2D eigenvalue weighted by Gasteiger charge is 2.13. The number of ether oxygens (including phenoxy) is 3. The van der Waals surface area contributed by atoms with Crippen LogP contribution in [0.2, 0.25) is 5.02 Å². The number of halogens is 1. The monoisotopic (exact) mass is 392 g/mol.